The molecule has 0 aliphatic rings. The van der Waals surface area contributed by atoms with E-state index in [1.165, 1.54) is 0 Å². The molecule has 0 saturated heterocycles. The molecular weight excluding hydrogens is 267 g/mol. The Morgan fingerprint density at radius 2 is 1.50 bits per heavy atom. The zero-order valence-electron chi connectivity index (χ0n) is 12.1. The zero-order chi connectivity index (χ0) is 15.4. The van der Waals surface area contributed by atoms with E-state index in [-0.39, 0.29) is 5.92 Å². The Labute approximate surface area is 117 Å². The summed E-state index contributed by atoms with van der Waals surface area (Å²) in [5.74, 6) is -3.41. The topological polar surface area (TPSA) is 29.1 Å². The van der Waals surface area contributed by atoms with Crippen LogP contribution >= 0.6 is 0 Å². The minimum absolute atomic E-state index is 0.200. The fraction of sp³-hybridized carbons (Fsp3) is 0.533. The fourth-order valence-corrected chi connectivity index (χ4v) is 2.30. The van der Waals surface area contributed by atoms with Gasteiger partial charge in [0, 0.05) is 18.7 Å². The number of benzene rings is 1. The second-order valence-electron chi connectivity index (χ2n) is 5.61. The Bertz CT molecular complexity index is 455. The lowest BCUT2D eigenvalue weighted by Crippen LogP contribution is -2.34. The number of rotatable bonds is 5. The molecule has 112 valence electrons. The van der Waals surface area contributed by atoms with Crippen molar-refractivity contribution in [2.75, 3.05) is 6.54 Å². The summed E-state index contributed by atoms with van der Waals surface area (Å²) in [6.45, 7) is 8.42. The van der Waals surface area contributed by atoms with Crippen molar-refractivity contribution in [3.05, 3.63) is 35.1 Å². The molecule has 0 radical (unpaired) electrons. The third-order valence-corrected chi connectivity index (χ3v) is 3.44. The van der Waals surface area contributed by atoms with Crippen molar-refractivity contribution in [1.82, 2.24) is 5.32 Å². The predicted octanol–water partition coefficient (Wildman–Crippen LogP) is 3.76. The molecular formula is C15H20F3NO. The Kier molecular flexibility index (Phi) is 5.60. The highest BCUT2D eigenvalue weighted by molar-refractivity contribution is 5.94. The first-order chi connectivity index (χ1) is 9.23. The van der Waals surface area contributed by atoms with E-state index in [0.717, 1.165) is 0 Å². The summed E-state index contributed by atoms with van der Waals surface area (Å²) in [4.78, 5) is 11.8. The third-order valence-electron chi connectivity index (χ3n) is 3.44. The molecule has 0 bridgehead atoms. The first-order valence-corrected chi connectivity index (χ1v) is 6.66. The molecule has 1 amide bonds. The van der Waals surface area contributed by atoms with Crippen LogP contribution in [0.4, 0.5) is 13.2 Å². The molecule has 0 heterocycles. The number of carbonyl (C=O) groups is 1. The molecule has 0 unspecified atom stereocenters. The van der Waals surface area contributed by atoms with E-state index in [2.05, 4.69) is 5.32 Å². The van der Waals surface area contributed by atoms with Crippen LogP contribution in [-0.2, 0) is 0 Å². The van der Waals surface area contributed by atoms with Crippen LogP contribution < -0.4 is 5.32 Å². The van der Waals surface area contributed by atoms with Crippen LogP contribution in [0.15, 0.2) is 12.1 Å². The number of amides is 1. The van der Waals surface area contributed by atoms with Gasteiger partial charge in [0.15, 0.2) is 0 Å². The summed E-state index contributed by atoms with van der Waals surface area (Å²) >= 11 is 0. The summed E-state index contributed by atoms with van der Waals surface area (Å²) in [5, 5.41) is 2.52. The lowest BCUT2D eigenvalue weighted by Gasteiger charge is -2.25. The normalized spacial score (nSPS) is 11.5. The van der Waals surface area contributed by atoms with Gasteiger partial charge >= 0.3 is 0 Å². The van der Waals surface area contributed by atoms with Crippen LogP contribution in [0.3, 0.4) is 0 Å². The van der Waals surface area contributed by atoms with Crippen molar-refractivity contribution in [3.63, 3.8) is 0 Å². The molecule has 0 atom stereocenters. The van der Waals surface area contributed by atoms with E-state index < -0.39 is 28.9 Å². The van der Waals surface area contributed by atoms with Gasteiger partial charge in [-0.15, -0.1) is 0 Å². The van der Waals surface area contributed by atoms with Gasteiger partial charge < -0.3 is 5.32 Å². The van der Waals surface area contributed by atoms with Gasteiger partial charge in [-0.2, -0.15) is 0 Å². The van der Waals surface area contributed by atoms with Crippen molar-refractivity contribution in [3.8, 4) is 0 Å². The quantitative estimate of drug-likeness (QED) is 0.877. The molecule has 0 aromatic heterocycles. The Balaban J connectivity index is 2.82. The van der Waals surface area contributed by atoms with E-state index >= 15 is 0 Å². The van der Waals surface area contributed by atoms with E-state index in [1.54, 1.807) is 0 Å². The molecule has 0 aliphatic heterocycles. The van der Waals surface area contributed by atoms with Crippen LogP contribution in [0.1, 0.15) is 38.1 Å². The van der Waals surface area contributed by atoms with Crippen molar-refractivity contribution in [1.29, 1.82) is 0 Å². The molecule has 1 aromatic carbocycles. The lowest BCUT2D eigenvalue weighted by molar-refractivity contribution is 0.0928. The molecule has 0 saturated carbocycles. The van der Waals surface area contributed by atoms with Crippen LogP contribution in [0.2, 0.25) is 0 Å². The number of nitrogens with one attached hydrogen (secondary N) is 1. The molecule has 0 fully saturated rings. The Morgan fingerprint density at radius 3 is 1.90 bits per heavy atom. The van der Waals surface area contributed by atoms with Crippen LogP contribution in [0.25, 0.3) is 0 Å². The first kappa shape index (κ1) is 16.5. The van der Waals surface area contributed by atoms with Crippen molar-refractivity contribution in [2.45, 2.75) is 27.7 Å². The molecule has 0 spiro atoms. The summed E-state index contributed by atoms with van der Waals surface area (Å²) < 4.78 is 39.7. The second kappa shape index (κ2) is 6.77. The van der Waals surface area contributed by atoms with Crippen molar-refractivity contribution in [2.24, 2.45) is 17.8 Å². The summed E-state index contributed by atoms with van der Waals surface area (Å²) in [6.07, 6.45) is 0. The van der Waals surface area contributed by atoms with Crippen molar-refractivity contribution >= 4 is 5.91 Å². The van der Waals surface area contributed by atoms with E-state index in [1.807, 2.05) is 27.7 Å². The van der Waals surface area contributed by atoms with Gasteiger partial charge in [0.25, 0.3) is 5.91 Å². The van der Waals surface area contributed by atoms with Crippen LogP contribution in [-0.4, -0.2) is 12.5 Å². The molecule has 1 aromatic rings. The van der Waals surface area contributed by atoms with Gasteiger partial charge in [-0.3, -0.25) is 4.79 Å². The lowest BCUT2D eigenvalue weighted by atomic mass is 9.85. The maximum absolute atomic E-state index is 13.5. The van der Waals surface area contributed by atoms with Gasteiger partial charge in [-0.05, 0) is 17.8 Å². The predicted molar refractivity (Wildman–Crippen MR) is 71.8 cm³/mol. The van der Waals surface area contributed by atoms with E-state index in [0.29, 0.717) is 30.5 Å². The summed E-state index contributed by atoms with van der Waals surface area (Å²) in [5.41, 5.74) is -0.738. The van der Waals surface area contributed by atoms with Crippen LogP contribution in [0.5, 0.6) is 0 Å². The zero-order valence-corrected chi connectivity index (χ0v) is 12.1. The maximum Gasteiger partial charge on any atom is 0.257 e. The van der Waals surface area contributed by atoms with Gasteiger partial charge in [0.1, 0.15) is 23.0 Å². The molecule has 20 heavy (non-hydrogen) atoms. The highest BCUT2D eigenvalue weighted by Gasteiger charge is 2.22. The maximum atomic E-state index is 13.5. The second-order valence-corrected chi connectivity index (χ2v) is 5.61. The highest BCUT2D eigenvalue weighted by Crippen LogP contribution is 2.20. The van der Waals surface area contributed by atoms with E-state index in [4.69, 9.17) is 0 Å². The Morgan fingerprint density at radius 1 is 1.05 bits per heavy atom. The molecule has 5 heteroatoms. The van der Waals surface area contributed by atoms with Crippen molar-refractivity contribution < 1.29 is 18.0 Å². The van der Waals surface area contributed by atoms with Crippen LogP contribution in [0, 0.1) is 35.2 Å². The number of hydrogen-bond acceptors (Lipinski definition) is 1. The SMILES string of the molecule is CC(C)C(CNC(=O)c1c(F)cc(F)cc1F)C(C)C. The number of carbonyl (C=O) groups excluding carboxylic acids is 1. The van der Waals surface area contributed by atoms with E-state index in [9.17, 15) is 18.0 Å². The Hall–Kier alpha value is -1.52. The summed E-state index contributed by atoms with van der Waals surface area (Å²) in [7, 11) is 0. The number of hydrogen-bond donors (Lipinski definition) is 1. The average molecular weight is 287 g/mol. The summed E-state index contributed by atoms with van der Waals surface area (Å²) in [6, 6.07) is 1.00. The third kappa shape index (κ3) is 3.99. The highest BCUT2D eigenvalue weighted by atomic mass is 19.1. The number of halogens is 3. The molecule has 2 nitrogen and oxygen atoms in total. The minimum Gasteiger partial charge on any atom is -0.352 e. The molecule has 1 N–H and O–H groups in total. The fourth-order valence-electron chi connectivity index (χ4n) is 2.30. The molecule has 1 rings (SSSR count). The largest absolute Gasteiger partial charge is 0.352 e. The standard InChI is InChI=1S/C15H20F3NO/c1-8(2)11(9(3)4)7-19-15(20)14-12(17)5-10(16)6-13(14)18/h5-6,8-9,11H,7H2,1-4H3,(H,19,20). The van der Waals surface area contributed by atoms with Gasteiger partial charge in [-0.25, -0.2) is 13.2 Å². The molecule has 0 aliphatic carbocycles. The average Bonchev–Trinajstić information content (AvgIpc) is 2.26. The van der Waals surface area contributed by atoms with Gasteiger partial charge in [0.2, 0.25) is 0 Å². The van der Waals surface area contributed by atoms with Gasteiger partial charge in [0.05, 0.1) is 0 Å². The van der Waals surface area contributed by atoms with Gasteiger partial charge in [-0.1, -0.05) is 27.7 Å². The first-order valence-electron chi connectivity index (χ1n) is 6.66. The monoisotopic (exact) mass is 287 g/mol. The minimum atomic E-state index is -1.19. The smallest absolute Gasteiger partial charge is 0.257 e.